The predicted molar refractivity (Wildman–Crippen MR) is 116 cm³/mol. The number of hydrogen-bond donors (Lipinski definition) is 2. The van der Waals surface area contributed by atoms with Gasteiger partial charge in [0.05, 0.1) is 24.4 Å². The van der Waals surface area contributed by atoms with Crippen molar-refractivity contribution in [2.45, 2.75) is 50.7 Å². The molecule has 0 radical (unpaired) electrons. The van der Waals surface area contributed by atoms with Gasteiger partial charge in [0.25, 0.3) is 0 Å². The van der Waals surface area contributed by atoms with Crippen LogP contribution in [0, 0.1) is 5.92 Å². The second-order valence-corrected chi connectivity index (χ2v) is 8.80. The van der Waals surface area contributed by atoms with Gasteiger partial charge in [0.1, 0.15) is 11.6 Å². The summed E-state index contributed by atoms with van der Waals surface area (Å²) in [6.45, 7) is 3.27. The van der Waals surface area contributed by atoms with E-state index >= 15 is 0 Å². The number of carbonyl (C=O) groups is 1. The monoisotopic (exact) mass is 464 g/mol. The SMILES string of the molecule is CC(C(=O)Nc1ccc(OCC2CC2)cn1)N1CCCC(c2c[nH]c(=O)cc2C(F)(F)F)C1. The Labute approximate surface area is 189 Å². The van der Waals surface area contributed by atoms with E-state index in [1.54, 1.807) is 25.3 Å². The molecule has 0 aromatic carbocycles. The normalized spacial score (nSPS) is 20.3. The standard InChI is InChI=1S/C23H27F3N4O3/c1-14(22(32)29-20-7-6-17(10-27-20)33-13-15-4-5-15)30-8-2-3-16(12-30)18-11-28-21(31)9-19(18)23(24,25)26/h6-7,9-11,14-16H,2-5,8,12-13H2,1H3,(H,28,31)(H,27,29,32). The van der Waals surface area contributed by atoms with E-state index in [-0.39, 0.29) is 18.0 Å². The maximum absolute atomic E-state index is 13.5. The van der Waals surface area contributed by atoms with Crippen LogP contribution in [0.2, 0.25) is 0 Å². The first-order valence-corrected chi connectivity index (χ1v) is 11.1. The van der Waals surface area contributed by atoms with Crippen LogP contribution >= 0.6 is 0 Å². The number of hydrogen-bond acceptors (Lipinski definition) is 5. The highest BCUT2D eigenvalue weighted by Crippen LogP contribution is 2.37. The van der Waals surface area contributed by atoms with Crippen LogP contribution in [-0.2, 0) is 11.0 Å². The molecule has 0 spiro atoms. The number of rotatable bonds is 7. The summed E-state index contributed by atoms with van der Waals surface area (Å²) in [6, 6.07) is 3.47. The number of aromatic amines is 1. The maximum atomic E-state index is 13.5. The fraction of sp³-hybridized carbons (Fsp3) is 0.522. The lowest BCUT2D eigenvalue weighted by atomic mass is 9.88. The fourth-order valence-corrected chi connectivity index (χ4v) is 4.11. The number of halogens is 3. The molecule has 2 unspecified atom stereocenters. The molecule has 7 nitrogen and oxygen atoms in total. The van der Waals surface area contributed by atoms with E-state index in [0.29, 0.717) is 49.5 Å². The summed E-state index contributed by atoms with van der Waals surface area (Å²) in [7, 11) is 0. The van der Waals surface area contributed by atoms with E-state index in [1.165, 1.54) is 12.8 Å². The van der Waals surface area contributed by atoms with Gasteiger partial charge in [-0.25, -0.2) is 4.98 Å². The van der Waals surface area contributed by atoms with Gasteiger partial charge in [0.2, 0.25) is 11.5 Å². The molecular weight excluding hydrogens is 437 g/mol. The van der Waals surface area contributed by atoms with Crippen molar-refractivity contribution in [3.8, 4) is 5.75 Å². The fourth-order valence-electron chi connectivity index (χ4n) is 4.11. The van der Waals surface area contributed by atoms with Crippen molar-refractivity contribution < 1.29 is 22.7 Å². The lowest BCUT2D eigenvalue weighted by Crippen LogP contribution is -2.46. The second kappa shape index (κ2) is 9.54. The molecule has 33 heavy (non-hydrogen) atoms. The molecule has 0 bridgehead atoms. The number of pyridine rings is 2. The zero-order chi connectivity index (χ0) is 23.6. The van der Waals surface area contributed by atoms with Crippen molar-refractivity contribution in [1.29, 1.82) is 0 Å². The molecule has 2 N–H and O–H groups in total. The number of likely N-dealkylation sites (tertiary alicyclic amines) is 1. The van der Waals surface area contributed by atoms with Gasteiger partial charge in [-0.15, -0.1) is 0 Å². The van der Waals surface area contributed by atoms with Crippen molar-refractivity contribution in [2.75, 3.05) is 25.0 Å². The third-order valence-electron chi connectivity index (χ3n) is 6.25. The molecule has 1 aliphatic carbocycles. The minimum absolute atomic E-state index is 0.0582. The van der Waals surface area contributed by atoms with Gasteiger partial charge in [-0.1, -0.05) is 0 Å². The topological polar surface area (TPSA) is 87.3 Å². The largest absolute Gasteiger partial charge is 0.492 e. The molecule has 1 amide bonds. The van der Waals surface area contributed by atoms with Crippen LogP contribution in [-0.4, -0.2) is 46.5 Å². The average molecular weight is 464 g/mol. The number of nitrogens with one attached hydrogen (secondary N) is 2. The van der Waals surface area contributed by atoms with Gasteiger partial charge in [0.15, 0.2) is 0 Å². The van der Waals surface area contributed by atoms with Crippen LogP contribution in [0.5, 0.6) is 5.75 Å². The molecule has 2 aromatic heterocycles. The molecule has 178 valence electrons. The van der Waals surface area contributed by atoms with E-state index in [1.807, 2.05) is 4.90 Å². The predicted octanol–water partition coefficient (Wildman–Crippen LogP) is 3.78. The summed E-state index contributed by atoms with van der Waals surface area (Å²) < 4.78 is 46.1. The first-order chi connectivity index (χ1) is 15.7. The maximum Gasteiger partial charge on any atom is 0.416 e. The van der Waals surface area contributed by atoms with E-state index in [4.69, 9.17) is 4.74 Å². The Morgan fingerprint density at radius 3 is 2.79 bits per heavy atom. The highest BCUT2D eigenvalue weighted by Gasteiger charge is 2.37. The molecule has 2 atom stereocenters. The van der Waals surface area contributed by atoms with Crippen molar-refractivity contribution >= 4 is 11.7 Å². The molecule has 2 fully saturated rings. The first-order valence-electron chi connectivity index (χ1n) is 11.1. The summed E-state index contributed by atoms with van der Waals surface area (Å²) in [6.07, 6.45) is 1.67. The molecular formula is C23H27F3N4O3. The number of ether oxygens (including phenoxy) is 1. The van der Waals surface area contributed by atoms with Gasteiger partial charge >= 0.3 is 6.18 Å². The van der Waals surface area contributed by atoms with Crippen molar-refractivity contribution in [3.63, 3.8) is 0 Å². The number of anilines is 1. The van der Waals surface area contributed by atoms with Gasteiger partial charge in [-0.05, 0) is 68.7 Å². The number of amides is 1. The number of H-pyrrole nitrogens is 1. The molecule has 1 aliphatic heterocycles. The molecule has 3 heterocycles. The molecule has 2 aromatic rings. The number of carbonyl (C=O) groups excluding carboxylic acids is 1. The lowest BCUT2D eigenvalue weighted by molar-refractivity contribution is -0.138. The van der Waals surface area contributed by atoms with Crippen LogP contribution in [0.3, 0.4) is 0 Å². The second-order valence-electron chi connectivity index (χ2n) is 8.80. The Morgan fingerprint density at radius 2 is 2.12 bits per heavy atom. The molecule has 1 saturated heterocycles. The summed E-state index contributed by atoms with van der Waals surface area (Å²) in [5, 5.41) is 2.77. The van der Waals surface area contributed by atoms with E-state index in [0.717, 1.165) is 6.20 Å². The molecule has 2 aliphatic rings. The third-order valence-corrected chi connectivity index (χ3v) is 6.25. The summed E-state index contributed by atoms with van der Waals surface area (Å²) in [5.41, 5.74) is -1.64. The lowest BCUT2D eigenvalue weighted by Gasteiger charge is -2.36. The zero-order valence-corrected chi connectivity index (χ0v) is 18.3. The zero-order valence-electron chi connectivity index (χ0n) is 18.3. The number of nitrogens with zero attached hydrogens (tertiary/aromatic N) is 2. The van der Waals surface area contributed by atoms with Crippen LogP contribution in [0.1, 0.15) is 49.7 Å². The highest BCUT2D eigenvalue weighted by molar-refractivity contribution is 5.93. The van der Waals surface area contributed by atoms with Crippen LogP contribution < -0.4 is 15.6 Å². The minimum atomic E-state index is -4.62. The quantitative estimate of drug-likeness (QED) is 0.651. The summed E-state index contributed by atoms with van der Waals surface area (Å²) in [5.74, 6) is 0.935. The van der Waals surface area contributed by atoms with E-state index in [9.17, 15) is 22.8 Å². The highest BCUT2D eigenvalue weighted by atomic mass is 19.4. The number of alkyl halides is 3. The Kier molecular flexibility index (Phi) is 6.73. The number of aromatic nitrogens is 2. The van der Waals surface area contributed by atoms with Crippen LogP contribution in [0.4, 0.5) is 19.0 Å². The Balaban J connectivity index is 1.39. The molecule has 10 heteroatoms. The van der Waals surface area contributed by atoms with Gasteiger partial charge in [0, 0.05) is 18.8 Å². The van der Waals surface area contributed by atoms with E-state index < -0.39 is 29.3 Å². The summed E-state index contributed by atoms with van der Waals surface area (Å²) >= 11 is 0. The smallest absolute Gasteiger partial charge is 0.416 e. The van der Waals surface area contributed by atoms with Crippen LogP contribution in [0.25, 0.3) is 0 Å². The van der Waals surface area contributed by atoms with E-state index in [2.05, 4.69) is 15.3 Å². The first kappa shape index (κ1) is 23.3. The van der Waals surface area contributed by atoms with Crippen molar-refractivity contribution in [1.82, 2.24) is 14.9 Å². The van der Waals surface area contributed by atoms with Gasteiger partial charge in [-0.3, -0.25) is 14.5 Å². The van der Waals surface area contributed by atoms with Crippen LogP contribution in [0.15, 0.2) is 35.4 Å². The van der Waals surface area contributed by atoms with Gasteiger partial charge in [-0.2, -0.15) is 13.2 Å². The van der Waals surface area contributed by atoms with Gasteiger partial charge < -0.3 is 15.0 Å². The third kappa shape index (κ3) is 5.93. The summed E-state index contributed by atoms with van der Waals surface area (Å²) in [4.78, 5) is 32.7. The average Bonchev–Trinajstić information content (AvgIpc) is 3.62. The Hall–Kier alpha value is -2.88. The molecule has 1 saturated carbocycles. The number of piperidine rings is 1. The van der Waals surface area contributed by atoms with Crippen molar-refractivity contribution in [3.05, 3.63) is 52.1 Å². The van der Waals surface area contributed by atoms with Crippen molar-refractivity contribution in [2.24, 2.45) is 5.92 Å². The minimum Gasteiger partial charge on any atom is -0.492 e. The Morgan fingerprint density at radius 1 is 1.33 bits per heavy atom. The molecule has 4 rings (SSSR count). The Bertz CT molecular complexity index is 1030.